The Kier molecular flexibility index (Phi) is 3.67. The van der Waals surface area contributed by atoms with Gasteiger partial charge in [0.05, 0.1) is 12.6 Å². The fraction of sp³-hybridized carbons (Fsp3) is 0.929. The first kappa shape index (κ1) is 13.2. The molecule has 2 atom stereocenters. The minimum absolute atomic E-state index is 0.264. The van der Waals surface area contributed by atoms with Gasteiger partial charge >= 0.3 is 0 Å². The topological polar surface area (TPSA) is 46.1 Å². The summed E-state index contributed by atoms with van der Waals surface area (Å²) >= 11 is 0. The lowest BCUT2D eigenvalue weighted by Crippen LogP contribution is -2.67. The van der Waals surface area contributed by atoms with Gasteiger partial charge in [0.1, 0.15) is 0 Å². The van der Waals surface area contributed by atoms with Gasteiger partial charge in [-0.15, -0.1) is 0 Å². The molecule has 19 heavy (non-hydrogen) atoms. The number of likely N-dealkylation sites (N-methyl/N-ethyl adjacent to an activating group) is 1. The monoisotopic (exact) mass is 267 g/mol. The van der Waals surface area contributed by atoms with Crippen molar-refractivity contribution in [3.63, 3.8) is 0 Å². The van der Waals surface area contributed by atoms with Gasteiger partial charge in [0.25, 0.3) is 0 Å². The zero-order valence-corrected chi connectivity index (χ0v) is 12.0. The predicted molar refractivity (Wildman–Crippen MR) is 74.4 cm³/mol. The molecule has 2 aliphatic heterocycles. The number of nitrogens with zero attached hydrogens (tertiary/aromatic N) is 2. The lowest BCUT2D eigenvalue weighted by molar-refractivity contribution is -0.169. The molecule has 5 heteroatoms. The van der Waals surface area contributed by atoms with E-state index >= 15 is 0 Å². The van der Waals surface area contributed by atoms with Crippen LogP contribution >= 0.6 is 0 Å². The Morgan fingerprint density at radius 2 is 2.26 bits per heavy atom. The summed E-state index contributed by atoms with van der Waals surface area (Å²) in [6.45, 7) is 6.56. The van der Waals surface area contributed by atoms with Crippen molar-refractivity contribution in [1.82, 2.24) is 10.2 Å². The van der Waals surface area contributed by atoms with E-state index in [9.17, 15) is 0 Å². The van der Waals surface area contributed by atoms with Gasteiger partial charge in [0.2, 0.25) is 0 Å². The van der Waals surface area contributed by atoms with Gasteiger partial charge in [-0.3, -0.25) is 4.99 Å². The van der Waals surface area contributed by atoms with E-state index in [1.807, 2.05) is 0 Å². The van der Waals surface area contributed by atoms with E-state index in [1.54, 1.807) is 0 Å². The summed E-state index contributed by atoms with van der Waals surface area (Å²) in [5, 5.41) is 3.65. The summed E-state index contributed by atoms with van der Waals surface area (Å²) in [6.07, 6.45) is 3.70. The molecule has 5 nitrogen and oxygen atoms in total. The highest BCUT2D eigenvalue weighted by Gasteiger charge is 2.56. The summed E-state index contributed by atoms with van der Waals surface area (Å²) in [6, 6.07) is 0.493. The van der Waals surface area contributed by atoms with Gasteiger partial charge in [-0.2, -0.15) is 0 Å². The van der Waals surface area contributed by atoms with E-state index in [4.69, 9.17) is 9.47 Å². The molecule has 1 N–H and O–H groups in total. The molecule has 0 aromatic carbocycles. The molecule has 2 fully saturated rings. The zero-order valence-electron chi connectivity index (χ0n) is 12.0. The number of nitrogens with one attached hydrogen (secondary N) is 1. The Morgan fingerprint density at radius 1 is 1.47 bits per heavy atom. The van der Waals surface area contributed by atoms with Crippen molar-refractivity contribution in [3.05, 3.63) is 0 Å². The molecule has 0 amide bonds. The first-order valence-corrected chi connectivity index (χ1v) is 7.48. The first-order valence-electron chi connectivity index (χ1n) is 7.48. The first-order chi connectivity index (χ1) is 9.26. The van der Waals surface area contributed by atoms with E-state index in [-0.39, 0.29) is 5.41 Å². The molecule has 1 saturated carbocycles. The second-order valence-electron chi connectivity index (χ2n) is 5.85. The van der Waals surface area contributed by atoms with E-state index in [0.29, 0.717) is 12.1 Å². The summed E-state index contributed by atoms with van der Waals surface area (Å²) in [5.74, 6) is 1.06. The van der Waals surface area contributed by atoms with Crippen LogP contribution in [0.2, 0.25) is 0 Å². The van der Waals surface area contributed by atoms with E-state index in [1.165, 1.54) is 0 Å². The van der Waals surface area contributed by atoms with Crippen LogP contribution in [-0.2, 0) is 9.47 Å². The maximum absolute atomic E-state index is 5.94. The van der Waals surface area contributed by atoms with Crippen molar-refractivity contribution in [2.75, 3.05) is 40.0 Å². The molecule has 108 valence electrons. The molecule has 0 radical (unpaired) electrons. The highest BCUT2D eigenvalue weighted by Crippen LogP contribution is 2.50. The van der Waals surface area contributed by atoms with Crippen molar-refractivity contribution in [3.8, 4) is 0 Å². The lowest BCUT2D eigenvalue weighted by atomic mass is 9.57. The highest BCUT2D eigenvalue weighted by atomic mass is 16.5. The number of rotatable bonds is 3. The number of ether oxygens (including phenoxy) is 2. The Bertz CT molecular complexity index is 353. The van der Waals surface area contributed by atoms with Gasteiger partial charge in [-0.1, -0.05) is 0 Å². The van der Waals surface area contributed by atoms with Crippen molar-refractivity contribution >= 4 is 5.96 Å². The van der Waals surface area contributed by atoms with Crippen molar-refractivity contribution < 1.29 is 9.47 Å². The van der Waals surface area contributed by atoms with Crippen molar-refractivity contribution in [1.29, 1.82) is 0 Å². The number of hydrogen-bond donors (Lipinski definition) is 1. The van der Waals surface area contributed by atoms with Crippen LogP contribution in [0.25, 0.3) is 0 Å². The Balaban J connectivity index is 1.68. The maximum Gasteiger partial charge on any atom is 0.194 e. The van der Waals surface area contributed by atoms with Crippen LogP contribution in [-0.4, -0.2) is 63.0 Å². The smallest absolute Gasteiger partial charge is 0.194 e. The average Bonchev–Trinajstić information content (AvgIpc) is 2.84. The summed E-state index contributed by atoms with van der Waals surface area (Å²) in [7, 11) is 2.11. The second-order valence-corrected chi connectivity index (χ2v) is 5.85. The van der Waals surface area contributed by atoms with Gasteiger partial charge in [0, 0.05) is 44.9 Å². The maximum atomic E-state index is 5.94. The molecule has 1 aliphatic carbocycles. The van der Waals surface area contributed by atoms with Crippen molar-refractivity contribution in [2.24, 2.45) is 10.4 Å². The molecule has 0 bridgehead atoms. The lowest BCUT2D eigenvalue weighted by Gasteiger charge is -2.57. The molecule has 1 spiro atoms. The fourth-order valence-electron chi connectivity index (χ4n) is 3.65. The van der Waals surface area contributed by atoms with E-state index < -0.39 is 0 Å². The Hall–Kier alpha value is -0.810. The third kappa shape index (κ3) is 2.23. The van der Waals surface area contributed by atoms with Crippen LogP contribution in [0, 0.1) is 5.41 Å². The standard InChI is InChI=1S/C14H25N3O2/c1-3-19-12-10-11(14(12)4-8-18-9-5-14)16-13-15-6-7-17(13)2/h11-12H,3-10H2,1-2H3,(H,15,16). The second kappa shape index (κ2) is 5.29. The molecular formula is C14H25N3O2. The normalized spacial score (nSPS) is 33.2. The van der Waals surface area contributed by atoms with E-state index in [2.05, 4.69) is 29.2 Å². The number of hydrogen-bond acceptors (Lipinski definition) is 5. The van der Waals surface area contributed by atoms with Crippen LogP contribution < -0.4 is 5.32 Å². The summed E-state index contributed by atoms with van der Waals surface area (Å²) in [5.41, 5.74) is 0.264. The van der Waals surface area contributed by atoms with Crippen LogP contribution in [0.15, 0.2) is 4.99 Å². The summed E-state index contributed by atoms with van der Waals surface area (Å²) < 4.78 is 11.5. The van der Waals surface area contributed by atoms with Gasteiger partial charge in [-0.05, 0) is 26.2 Å². The van der Waals surface area contributed by atoms with Crippen molar-refractivity contribution in [2.45, 2.75) is 38.3 Å². The van der Waals surface area contributed by atoms with Crippen LogP contribution in [0.4, 0.5) is 0 Å². The zero-order chi connectivity index (χ0) is 13.3. The Labute approximate surface area is 115 Å². The molecule has 0 aromatic rings. The van der Waals surface area contributed by atoms with Gasteiger partial charge in [-0.25, -0.2) is 0 Å². The fourth-order valence-corrected chi connectivity index (χ4v) is 3.65. The summed E-state index contributed by atoms with van der Waals surface area (Å²) in [4.78, 5) is 6.76. The molecule has 0 aromatic heterocycles. The van der Waals surface area contributed by atoms with Gasteiger partial charge in [0.15, 0.2) is 5.96 Å². The third-order valence-corrected chi connectivity index (χ3v) is 4.94. The third-order valence-electron chi connectivity index (χ3n) is 4.94. The minimum Gasteiger partial charge on any atom is -0.381 e. The Morgan fingerprint density at radius 3 is 2.89 bits per heavy atom. The van der Waals surface area contributed by atoms with Crippen LogP contribution in [0.5, 0.6) is 0 Å². The molecule has 2 unspecified atom stereocenters. The number of aliphatic imine (C=N–C) groups is 1. The van der Waals surface area contributed by atoms with Crippen LogP contribution in [0.3, 0.4) is 0 Å². The molecule has 1 saturated heterocycles. The largest absolute Gasteiger partial charge is 0.381 e. The quantitative estimate of drug-likeness (QED) is 0.823. The van der Waals surface area contributed by atoms with Gasteiger partial charge < -0.3 is 19.7 Å². The SMILES string of the molecule is CCOC1CC(NC2=NCCN2C)C12CCOCC2. The molecule has 3 rings (SSSR count). The van der Waals surface area contributed by atoms with E-state index in [0.717, 1.165) is 58.1 Å². The highest BCUT2D eigenvalue weighted by molar-refractivity contribution is 5.81. The minimum atomic E-state index is 0.264. The average molecular weight is 267 g/mol. The predicted octanol–water partition coefficient (Wildman–Crippen LogP) is 0.852. The van der Waals surface area contributed by atoms with Crippen LogP contribution in [0.1, 0.15) is 26.2 Å². The number of guanidine groups is 1. The molecular weight excluding hydrogens is 242 g/mol. The molecule has 2 heterocycles. The molecule has 3 aliphatic rings.